The number of benzene rings is 3. The van der Waals surface area contributed by atoms with Crippen LogP contribution in [-0.4, -0.2) is 107 Å². The molecule has 3 saturated heterocycles. The molecular formula is C87H99F3N6O12. The minimum atomic E-state index is -0.368. The van der Waals surface area contributed by atoms with Crippen LogP contribution in [0.2, 0.25) is 0 Å². The molecule has 6 heterocycles. The van der Waals surface area contributed by atoms with Crippen molar-refractivity contribution in [3.05, 3.63) is 181 Å². The van der Waals surface area contributed by atoms with E-state index in [1.54, 1.807) is 57.6 Å². The Morgan fingerprint density at radius 1 is 0.407 bits per heavy atom. The maximum absolute atomic E-state index is 13.6. The molecule has 3 amide bonds. The lowest BCUT2D eigenvalue weighted by Crippen LogP contribution is -2.48. The van der Waals surface area contributed by atoms with Gasteiger partial charge in [-0.3, -0.25) is 29.3 Å². The highest BCUT2D eigenvalue weighted by molar-refractivity contribution is 5.78. The van der Waals surface area contributed by atoms with Gasteiger partial charge in [0, 0.05) is 71.2 Å². The van der Waals surface area contributed by atoms with Crippen molar-refractivity contribution in [1.29, 1.82) is 0 Å². The Morgan fingerprint density at radius 2 is 0.694 bits per heavy atom. The number of fused-ring (bicyclic) bond motifs is 6. The maximum Gasteiger partial charge on any atom is 0.407 e. The monoisotopic (exact) mass is 1480 g/mol. The number of halogens is 3. The number of aromatic nitrogens is 3. The van der Waals surface area contributed by atoms with Crippen molar-refractivity contribution >= 4 is 54.4 Å². The topological polar surface area (TPSA) is 233 Å². The highest BCUT2D eigenvalue weighted by Gasteiger charge is 2.58. The number of esters is 3. The van der Waals surface area contributed by atoms with E-state index in [9.17, 15) is 41.9 Å². The Kier molecular flexibility index (Phi) is 24.6. The predicted octanol–water partition coefficient (Wildman–Crippen LogP) is 16.9. The fraction of sp³-hybridized carbons (Fsp3) is 0.483. The van der Waals surface area contributed by atoms with E-state index in [0.29, 0.717) is 55.3 Å². The zero-order valence-electron chi connectivity index (χ0n) is 62.2. The third-order valence-electron chi connectivity index (χ3n) is 24.5. The fourth-order valence-electron chi connectivity index (χ4n) is 19.9. The zero-order chi connectivity index (χ0) is 75.7. The summed E-state index contributed by atoms with van der Waals surface area (Å²) in [5.74, 6) is 1.89. The Bertz CT molecular complexity index is 3830. The van der Waals surface area contributed by atoms with E-state index in [0.717, 1.165) is 128 Å². The van der Waals surface area contributed by atoms with Crippen LogP contribution >= 0.6 is 0 Å². The summed E-state index contributed by atoms with van der Waals surface area (Å²) in [6.07, 6.45) is 27.2. The standard InChI is InChI=1S/3C29H33FN2O4/c3*1-3-35-29(34)32-23-10-11-24-20(14-23)15-26-27(17(2)36-28(26)33)25(24)12-9-22-8-7-19(16-31-22)18-5-4-6-21(30)13-18/h3*4-9,12-13,16-17,20,23-27H,3,10-11,14-15H2,1-2H3,(H,32,34)/b3*12-9+/t17-,20-,23-,24+,25+,26-,27+;17-,20-,23-,24-,25+,26-,27-;17-,20-,23-,24-,25-,26+,27-/m010/s1. The number of allylic oxidation sites excluding steroid dienone is 3. The first kappa shape index (κ1) is 76.5. The summed E-state index contributed by atoms with van der Waals surface area (Å²) in [6.45, 7) is 12.5. The number of nitrogens with zero attached hydrogens (tertiary/aromatic N) is 3. The van der Waals surface area contributed by atoms with E-state index < -0.39 is 0 Å². The summed E-state index contributed by atoms with van der Waals surface area (Å²) in [6, 6.07) is 31.3. The number of amides is 3. The number of cyclic esters (lactones) is 3. The second-order valence-electron chi connectivity index (χ2n) is 30.8. The van der Waals surface area contributed by atoms with Crippen LogP contribution in [0.25, 0.3) is 51.6 Å². The number of hydrogen-bond acceptors (Lipinski definition) is 15. The minimum absolute atomic E-state index is 0.0679. The molecule has 3 N–H and O–H groups in total. The highest BCUT2D eigenvalue weighted by Crippen LogP contribution is 2.57. The van der Waals surface area contributed by atoms with Gasteiger partial charge in [-0.05, 0) is 261 Å². The molecule has 570 valence electrons. The van der Waals surface area contributed by atoms with Crippen molar-refractivity contribution in [2.45, 2.75) is 155 Å². The molecule has 108 heavy (non-hydrogen) atoms. The van der Waals surface area contributed by atoms with Crippen LogP contribution in [0.5, 0.6) is 0 Å². The largest absolute Gasteiger partial charge is 0.462 e. The van der Waals surface area contributed by atoms with Gasteiger partial charge in [-0.15, -0.1) is 0 Å². The first-order valence-electron chi connectivity index (χ1n) is 38.9. The Hall–Kier alpha value is -9.66. The molecule has 0 unspecified atom stereocenters. The van der Waals surface area contributed by atoms with Gasteiger partial charge in [-0.2, -0.15) is 0 Å². The fourth-order valence-corrected chi connectivity index (χ4v) is 19.9. The van der Waals surface area contributed by atoms with E-state index in [-0.39, 0.29) is 143 Å². The van der Waals surface area contributed by atoms with Crippen LogP contribution in [0.4, 0.5) is 27.6 Å². The number of pyridine rings is 3. The molecule has 6 aromatic rings. The molecule has 6 saturated carbocycles. The molecule has 21 heteroatoms. The third kappa shape index (κ3) is 17.9. The van der Waals surface area contributed by atoms with Crippen molar-refractivity contribution in [3.8, 4) is 33.4 Å². The number of nitrogens with one attached hydrogen (secondary N) is 3. The maximum atomic E-state index is 13.6. The SMILES string of the molecule is CCOC(=O)N[C@@H]1CC[C@@H]2[C@H](C1)C[C@H]1C(=O)O[C@H](C)[C@@H]1[C@H]2/C=C/c1ccc(-c2cccc(F)c2)cn1.CCOC(=O)N[C@H]1CC[C@@H]2[C@@H](C1)C[C@@H]1C(=O)O[C@@H](C)[C@@H]1[C@@H]2/C=C/c1ccc(-c2cccc(F)c2)cn1.CCOC(=O)N[C@H]1CC[C@H]2[C@@H](C1)C[C@H]1C(=O)O[C@@H](C)[C@H]1[C@H]2/C=C/c1ccc(-c2cccc(F)c2)cn1. The highest BCUT2D eigenvalue weighted by atomic mass is 19.1. The average molecular weight is 1480 g/mol. The molecule has 3 aromatic heterocycles. The van der Waals surface area contributed by atoms with Crippen LogP contribution in [-0.2, 0) is 42.8 Å². The Balaban J connectivity index is 0.000000143. The molecule has 6 aliphatic carbocycles. The molecule has 3 aliphatic heterocycles. The van der Waals surface area contributed by atoms with Gasteiger partial charge in [0.2, 0.25) is 0 Å². The van der Waals surface area contributed by atoms with E-state index in [1.165, 1.54) is 36.4 Å². The number of ether oxygens (including phenoxy) is 6. The second kappa shape index (κ2) is 34.7. The molecule has 18 nitrogen and oxygen atoms in total. The Labute approximate surface area is 630 Å². The van der Waals surface area contributed by atoms with Crippen molar-refractivity contribution in [2.75, 3.05) is 19.8 Å². The molecule has 9 aliphatic rings. The first-order chi connectivity index (χ1) is 52.3. The molecule has 0 spiro atoms. The molecule has 21 atom stereocenters. The van der Waals surface area contributed by atoms with Crippen LogP contribution < -0.4 is 16.0 Å². The Morgan fingerprint density at radius 3 is 0.944 bits per heavy atom. The summed E-state index contributed by atoms with van der Waals surface area (Å²) >= 11 is 0. The summed E-state index contributed by atoms with van der Waals surface area (Å²) in [7, 11) is 0. The number of rotatable bonds is 15. The van der Waals surface area contributed by atoms with Crippen LogP contribution in [0.1, 0.15) is 136 Å². The van der Waals surface area contributed by atoms with Crippen LogP contribution in [0.15, 0.2) is 146 Å². The van der Waals surface area contributed by atoms with Gasteiger partial charge in [0.05, 0.1) is 54.7 Å². The second-order valence-corrected chi connectivity index (χ2v) is 30.8. The molecule has 3 aromatic carbocycles. The van der Waals surface area contributed by atoms with Crippen molar-refractivity contribution in [3.63, 3.8) is 0 Å². The van der Waals surface area contributed by atoms with Crippen molar-refractivity contribution in [1.82, 2.24) is 30.9 Å². The van der Waals surface area contributed by atoms with Crippen molar-refractivity contribution < 1.29 is 70.4 Å². The van der Waals surface area contributed by atoms with Crippen molar-refractivity contribution in [2.24, 2.45) is 88.8 Å². The summed E-state index contributed by atoms with van der Waals surface area (Å²) in [5.41, 5.74) is 7.43. The van der Waals surface area contributed by atoms with Gasteiger partial charge < -0.3 is 44.4 Å². The van der Waals surface area contributed by atoms with E-state index in [4.69, 9.17) is 28.4 Å². The molecule has 9 fully saturated rings. The lowest BCUT2D eigenvalue weighted by molar-refractivity contribution is -0.145. The molecular weight excluding hydrogens is 1380 g/mol. The van der Waals surface area contributed by atoms with E-state index in [2.05, 4.69) is 49.1 Å². The minimum Gasteiger partial charge on any atom is -0.462 e. The molecule has 0 bridgehead atoms. The number of alkyl carbamates (subject to hydrolysis) is 3. The van der Waals surface area contributed by atoms with Gasteiger partial charge in [-0.1, -0.05) is 72.8 Å². The zero-order valence-corrected chi connectivity index (χ0v) is 62.2. The lowest BCUT2D eigenvalue weighted by atomic mass is 9.57. The molecule has 0 radical (unpaired) electrons. The summed E-state index contributed by atoms with van der Waals surface area (Å²) < 4.78 is 73.0. The number of carbonyl (C=O) groups is 6. The third-order valence-corrected chi connectivity index (χ3v) is 24.5. The summed E-state index contributed by atoms with van der Waals surface area (Å²) in [4.78, 5) is 87.7. The number of carbonyl (C=O) groups excluding carboxylic acids is 6. The van der Waals surface area contributed by atoms with E-state index in [1.807, 2.05) is 93.6 Å². The quantitative estimate of drug-likeness (QED) is 0.0641. The van der Waals surface area contributed by atoms with Crippen LogP contribution in [0.3, 0.4) is 0 Å². The lowest BCUT2D eigenvalue weighted by Gasteiger charge is -2.47. The van der Waals surface area contributed by atoms with Gasteiger partial charge in [0.1, 0.15) is 35.8 Å². The average Bonchev–Trinajstić information content (AvgIpc) is 1.54. The van der Waals surface area contributed by atoms with Gasteiger partial charge in [0.25, 0.3) is 0 Å². The van der Waals surface area contributed by atoms with Crippen LogP contribution in [0, 0.1) is 106 Å². The normalized spacial score (nSPS) is 31.4. The smallest absolute Gasteiger partial charge is 0.407 e. The number of hydrogen-bond donors (Lipinski definition) is 3. The molecule has 15 rings (SSSR count). The van der Waals surface area contributed by atoms with Gasteiger partial charge >= 0.3 is 36.2 Å². The first-order valence-corrected chi connectivity index (χ1v) is 38.9. The predicted molar refractivity (Wildman–Crippen MR) is 402 cm³/mol. The van der Waals surface area contributed by atoms with Gasteiger partial charge in [-0.25, -0.2) is 27.6 Å². The van der Waals surface area contributed by atoms with E-state index >= 15 is 0 Å². The van der Waals surface area contributed by atoms with Gasteiger partial charge in [0.15, 0.2) is 0 Å². The summed E-state index contributed by atoms with van der Waals surface area (Å²) in [5, 5.41) is 9.00.